The third-order valence-electron chi connectivity index (χ3n) is 1.87. The van der Waals surface area contributed by atoms with Gasteiger partial charge in [0.25, 0.3) is 0 Å². The molecule has 0 atom stereocenters. The van der Waals surface area contributed by atoms with Gasteiger partial charge in [-0.3, -0.25) is 0 Å². The highest BCUT2D eigenvalue weighted by Gasteiger charge is 2.26. The first kappa shape index (κ1) is 11.0. The Morgan fingerprint density at radius 2 is 2.13 bits per heavy atom. The van der Waals surface area contributed by atoms with Crippen molar-refractivity contribution < 1.29 is 9.90 Å². The summed E-state index contributed by atoms with van der Waals surface area (Å²) in [5.74, 6) is -1.16. The Hall–Kier alpha value is -2.03. The molecule has 80 valence electrons. The first-order chi connectivity index (χ1) is 6.79. The number of nitrogen functional groups attached to an aromatic ring is 1. The van der Waals surface area contributed by atoms with Crippen LogP contribution in [0.3, 0.4) is 0 Å². The molecular formula is C9H12N4O2. The zero-order valence-corrected chi connectivity index (χ0v) is 8.77. The van der Waals surface area contributed by atoms with E-state index >= 15 is 0 Å². The van der Waals surface area contributed by atoms with Crippen LogP contribution in [0, 0.1) is 11.3 Å². The van der Waals surface area contributed by atoms with Crippen LogP contribution in [0.15, 0.2) is 0 Å². The summed E-state index contributed by atoms with van der Waals surface area (Å²) in [6, 6.07) is 1.75. The molecule has 0 aliphatic heterocycles. The Kier molecular flexibility index (Phi) is 2.41. The number of hydrogen-bond donors (Lipinski definition) is 2. The van der Waals surface area contributed by atoms with E-state index in [0.717, 1.165) is 0 Å². The van der Waals surface area contributed by atoms with Crippen molar-refractivity contribution in [1.29, 1.82) is 5.26 Å². The predicted octanol–water partition coefficient (Wildman–Crippen LogP) is 0.790. The summed E-state index contributed by atoms with van der Waals surface area (Å²) in [7, 11) is 0. The Bertz CT molecular complexity index is 448. The lowest BCUT2D eigenvalue weighted by Crippen LogP contribution is -2.25. The van der Waals surface area contributed by atoms with Gasteiger partial charge in [-0.05, 0) is 20.8 Å². The molecule has 1 rings (SSSR count). The minimum Gasteiger partial charge on any atom is -0.476 e. The number of hydrogen-bond acceptors (Lipinski definition) is 4. The van der Waals surface area contributed by atoms with Gasteiger partial charge < -0.3 is 10.8 Å². The maximum Gasteiger partial charge on any atom is 0.357 e. The van der Waals surface area contributed by atoms with Gasteiger partial charge in [0.05, 0.1) is 5.54 Å². The second kappa shape index (κ2) is 3.28. The highest BCUT2D eigenvalue weighted by atomic mass is 16.4. The van der Waals surface area contributed by atoms with Crippen LogP contribution in [0.4, 0.5) is 5.82 Å². The summed E-state index contributed by atoms with van der Waals surface area (Å²) in [6.45, 7) is 5.47. The van der Waals surface area contributed by atoms with E-state index in [0.29, 0.717) is 0 Å². The number of carbonyl (C=O) groups is 1. The van der Waals surface area contributed by atoms with Gasteiger partial charge in [-0.1, -0.05) is 0 Å². The number of aromatic carboxylic acids is 1. The van der Waals surface area contributed by atoms with Gasteiger partial charge in [0.2, 0.25) is 0 Å². The van der Waals surface area contributed by atoms with Gasteiger partial charge in [-0.2, -0.15) is 10.4 Å². The molecule has 0 aliphatic carbocycles. The van der Waals surface area contributed by atoms with Crippen LogP contribution in [0.2, 0.25) is 0 Å². The van der Waals surface area contributed by atoms with Gasteiger partial charge in [0.1, 0.15) is 17.5 Å². The van der Waals surface area contributed by atoms with E-state index in [1.165, 1.54) is 4.68 Å². The van der Waals surface area contributed by atoms with E-state index in [9.17, 15) is 4.79 Å². The predicted molar refractivity (Wildman–Crippen MR) is 53.3 cm³/mol. The molecule has 0 unspecified atom stereocenters. The van der Waals surface area contributed by atoms with Crippen LogP contribution in [0.5, 0.6) is 0 Å². The standard InChI is InChI=1S/C9H12N4O2/c1-9(2,3)13-7(11)5(4-10)6(12-13)8(14)15/h11H2,1-3H3,(H,14,15). The smallest absolute Gasteiger partial charge is 0.357 e. The summed E-state index contributed by atoms with van der Waals surface area (Å²) >= 11 is 0. The minimum absolute atomic E-state index is 0.0856. The highest BCUT2D eigenvalue weighted by Crippen LogP contribution is 2.23. The van der Waals surface area contributed by atoms with Crippen molar-refractivity contribution in [3.63, 3.8) is 0 Å². The molecule has 6 heteroatoms. The summed E-state index contributed by atoms with van der Waals surface area (Å²) in [5, 5.41) is 21.4. The van der Waals surface area contributed by atoms with Crippen molar-refractivity contribution in [3.8, 4) is 6.07 Å². The third-order valence-corrected chi connectivity index (χ3v) is 1.87. The fourth-order valence-electron chi connectivity index (χ4n) is 1.20. The van der Waals surface area contributed by atoms with Gasteiger partial charge in [0.15, 0.2) is 5.69 Å². The number of carboxylic acid groups (broad SMARTS) is 1. The molecule has 0 radical (unpaired) electrons. The molecule has 0 aliphatic rings. The average Bonchev–Trinajstić information content (AvgIpc) is 2.41. The number of rotatable bonds is 1. The van der Waals surface area contributed by atoms with E-state index in [4.69, 9.17) is 16.1 Å². The average molecular weight is 208 g/mol. The SMILES string of the molecule is CC(C)(C)n1nc(C(=O)O)c(C#N)c1N. The molecule has 0 fully saturated rings. The lowest BCUT2D eigenvalue weighted by molar-refractivity contribution is 0.0688. The maximum atomic E-state index is 10.8. The summed E-state index contributed by atoms with van der Waals surface area (Å²) in [4.78, 5) is 10.8. The topological polar surface area (TPSA) is 105 Å². The first-order valence-electron chi connectivity index (χ1n) is 4.31. The van der Waals surface area contributed by atoms with Crippen LogP contribution in [-0.4, -0.2) is 20.9 Å². The van der Waals surface area contributed by atoms with Crippen LogP contribution in [0.25, 0.3) is 0 Å². The third kappa shape index (κ3) is 1.76. The summed E-state index contributed by atoms with van der Waals surface area (Å²) in [6.07, 6.45) is 0. The molecule has 15 heavy (non-hydrogen) atoms. The summed E-state index contributed by atoms with van der Waals surface area (Å²) in [5.41, 5.74) is 4.81. The quantitative estimate of drug-likeness (QED) is 0.709. The van der Waals surface area contributed by atoms with Gasteiger partial charge >= 0.3 is 5.97 Å². The second-order valence-corrected chi connectivity index (χ2v) is 4.11. The lowest BCUT2D eigenvalue weighted by Gasteiger charge is -2.20. The molecule has 1 aromatic heterocycles. The van der Waals surface area contributed by atoms with Crippen molar-refractivity contribution in [1.82, 2.24) is 9.78 Å². The Labute approximate surface area is 86.9 Å². The molecule has 0 spiro atoms. The molecule has 0 amide bonds. The zero-order chi connectivity index (χ0) is 11.8. The normalized spacial score (nSPS) is 11.1. The lowest BCUT2D eigenvalue weighted by atomic mass is 10.1. The monoisotopic (exact) mass is 208 g/mol. The molecule has 0 aromatic carbocycles. The maximum absolute atomic E-state index is 10.8. The first-order valence-corrected chi connectivity index (χ1v) is 4.31. The number of carboxylic acids is 1. The number of nitrogens with zero attached hydrogens (tertiary/aromatic N) is 3. The van der Waals surface area contributed by atoms with Gasteiger partial charge in [-0.15, -0.1) is 0 Å². The van der Waals surface area contributed by atoms with E-state index < -0.39 is 11.5 Å². The van der Waals surface area contributed by atoms with E-state index in [1.807, 2.05) is 20.8 Å². The van der Waals surface area contributed by atoms with Crippen LogP contribution < -0.4 is 5.73 Å². The second-order valence-electron chi connectivity index (χ2n) is 4.11. The summed E-state index contributed by atoms with van der Waals surface area (Å²) < 4.78 is 1.34. The van der Waals surface area contributed by atoms with Crippen molar-refractivity contribution in [2.75, 3.05) is 5.73 Å². The largest absolute Gasteiger partial charge is 0.476 e. The van der Waals surface area contributed by atoms with Crippen molar-refractivity contribution in [2.45, 2.75) is 26.3 Å². The van der Waals surface area contributed by atoms with Gasteiger partial charge in [-0.25, -0.2) is 9.48 Å². The van der Waals surface area contributed by atoms with Crippen molar-refractivity contribution in [2.24, 2.45) is 0 Å². The minimum atomic E-state index is -1.25. The Morgan fingerprint density at radius 3 is 2.40 bits per heavy atom. The van der Waals surface area contributed by atoms with Crippen molar-refractivity contribution >= 4 is 11.8 Å². The molecule has 0 saturated carbocycles. The highest BCUT2D eigenvalue weighted by molar-refractivity contribution is 5.90. The van der Waals surface area contributed by atoms with Crippen LogP contribution in [-0.2, 0) is 5.54 Å². The molecular weight excluding hydrogens is 196 g/mol. The fourth-order valence-corrected chi connectivity index (χ4v) is 1.20. The molecule has 1 heterocycles. The van der Waals surface area contributed by atoms with Crippen molar-refractivity contribution in [3.05, 3.63) is 11.3 Å². The zero-order valence-electron chi connectivity index (χ0n) is 8.77. The Morgan fingerprint density at radius 1 is 1.60 bits per heavy atom. The number of nitriles is 1. The molecule has 3 N–H and O–H groups in total. The molecule has 0 bridgehead atoms. The number of nitrogens with two attached hydrogens (primary N) is 1. The molecule has 6 nitrogen and oxygen atoms in total. The van der Waals surface area contributed by atoms with Crippen LogP contribution in [0.1, 0.15) is 36.8 Å². The molecule has 1 aromatic rings. The van der Waals surface area contributed by atoms with Gasteiger partial charge in [0, 0.05) is 0 Å². The van der Waals surface area contributed by atoms with E-state index in [2.05, 4.69) is 5.10 Å². The Balaban J connectivity index is 3.49. The van der Waals surface area contributed by atoms with E-state index in [-0.39, 0.29) is 17.1 Å². The number of aromatic nitrogens is 2. The molecule has 0 saturated heterocycles. The fraction of sp³-hybridized carbons (Fsp3) is 0.444. The van der Waals surface area contributed by atoms with E-state index in [1.54, 1.807) is 6.07 Å². The number of anilines is 1. The van der Waals surface area contributed by atoms with Crippen LogP contribution >= 0.6 is 0 Å².